The first-order chi connectivity index (χ1) is 13.4. The number of carbonyl (C=O) groups is 2. The molecule has 2 aromatic rings. The van der Waals surface area contributed by atoms with E-state index in [0.717, 1.165) is 40.9 Å². The molecule has 1 N–H and O–H groups in total. The first kappa shape index (κ1) is 19.5. The van der Waals surface area contributed by atoms with Gasteiger partial charge in [0, 0.05) is 24.0 Å². The maximum absolute atomic E-state index is 11.4. The van der Waals surface area contributed by atoms with Crippen LogP contribution in [-0.4, -0.2) is 28.4 Å². The third-order valence-corrected chi connectivity index (χ3v) is 5.01. The standard InChI is InChI=1S/C23H24N2O3/c1-16(23(27)28)19-6-3-18(4-7-19)5-8-21-9-10-22(15-24-21)25-13-11-20(12-14-25)17(2)26/h3-4,6-7,9-13,15-16H,5,8,14H2,1-2H3,(H,27,28). The number of carbonyl (C=O) groups excluding carboxylic acids is 1. The van der Waals surface area contributed by atoms with Gasteiger partial charge in [0.15, 0.2) is 5.78 Å². The van der Waals surface area contributed by atoms with Gasteiger partial charge in [-0.1, -0.05) is 30.3 Å². The van der Waals surface area contributed by atoms with Gasteiger partial charge in [-0.05, 0) is 56.0 Å². The zero-order valence-electron chi connectivity index (χ0n) is 16.1. The van der Waals surface area contributed by atoms with E-state index in [9.17, 15) is 9.59 Å². The van der Waals surface area contributed by atoms with Crippen molar-refractivity contribution in [2.45, 2.75) is 32.6 Å². The second-order valence-corrected chi connectivity index (χ2v) is 6.99. The van der Waals surface area contributed by atoms with Gasteiger partial charge in [-0.15, -0.1) is 0 Å². The van der Waals surface area contributed by atoms with Crippen LogP contribution in [0.1, 0.15) is 36.6 Å². The molecule has 0 bridgehead atoms. The maximum atomic E-state index is 11.4. The highest BCUT2D eigenvalue weighted by molar-refractivity contribution is 5.96. The van der Waals surface area contributed by atoms with Crippen LogP contribution >= 0.6 is 0 Å². The van der Waals surface area contributed by atoms with E-state index < -0.39 is 11.9 Å². The smallest absolute Gasteiger partial charge is 0.310 e. The van der Waals surface area contributed by atoms with Crippen molar-refractivity contribution in [3.8, 4) is 0 Å². The summed E-state index contributed by atoms with van der Waals surface area (Å²) in [6.07, 6.45) is 9.18. The Morgan fingerprint density at radius 3 is 2.43 bits per heavy atom. The Hall–Kier alpha value is -3.21. The molecule has 1 unspecified atom stereocenters. The van der Waals surface area contributed by atoms with Crippen molar-refractivity contribution in [3.63, 3.8) is 0 Å². The van der Waals surface area contributed by atoms with E-state index in [1.54, 1.807) is 13.8 Å². The van der Waals surface area contributed by atoms with Gasteiger partial charge >= 0.3 is 5.97 Å². The Bertz CT molecular complexity index is 912. The summed E-state index contributed by atoms with van der Waals surface area (Å²) in [5, 5.41) is 9.08. The number of hydrogen-bond donors (Lipinski definition) is 1. The third-order valence-electron chi connectivity index (χ3n) is 5.01. The normalized spacial score (nSPS) is 14.5. The van der Waals surface area contributed by atoms with Crippen molar-refractivity contribution in [1.29, 1.82) is 0 Å². The van der Waals surface area contributed by atoms with Crippen LogP contribution in [0.4, 0.5) is 5.69 Å². The molecule has 0 amide bonds. The number of benzene rings is 1. The van der Waals surface area contributed by atoms with Gasteiger partial charge in [0.2, 0.25) is 0 Å². The Morgan fingerprint density at radius 2 is 1.89 bits per heavy atom. The molecule has 2 heterocycles. The number of aromatic nitrogens is 1. The van der Waals surface area contributed by atoms with Crippen LogP contribution in [0.15, 0.2) is 66.5 Å². The minimum atomic E-state index is -0.811. The summed E-state index contributed by atoms with van der Waals surface area (Å²) >= 11 is 0. The zero-order valence-corrected chi connectivity index (χ0v) is 16.1. The Morgan fingerprint density at radius 1 is 1.14 bits per heavy atom. The minimum absolute atomic E-state index is 0.0785. The number of carboxylic acid groups (broad SMARTS) is 1. The number of hydrogen-bond acceptors (Lipinski definition) is 4. The lowest BCUT2D eigenvalue weighted by molar-refractivity contribution is -0.138. The van der Waals surface area contributed by atoms with E-state index in [4.69, 9.17) is 5.11 Å². The molecule has 1 aromatic carbocycles. The first-order valence-corrected chi connectivity index (χ1v) is 9.36. The molecule has 1 aliphatic rings. The number of carboxylic acids is 1. The van der Waals surface area contributed by atoms with Crippen molar-refractivity contribution in [3.05, 3.63) is 83.3 Å². The molecule has 0 radical (unpaired) electrons. The molecule has 0 fully saturated rings. The molecule has 144 valence electrons. The van der Waals surface area contributed by atoms with Crippen molar-refractivity contribution >= 4 is 17.4 Å². The van der Waals surface area contributed by atoms with Crippen molar-refractivity contribution in [1.82, 2.24) is 4.98 Å². The van der Waals surface area contributed by atoms with E-state index in [0.29, 0.717) is 6.54 Å². The number of aryl methyl sites for hydroxylation is 2. The number of allylic oxidation sites excluding steroid dienone is 2. The van der Waals surface area contributed by atoms with E-state index >= 15 is 0 Å². The monoisotopic (exact) mass is 376 g/mol. The van der Waals surface area contributed by atoms with Gasteiger partial charge in [-0.3, -0.25) is 14.6 Å². The van der Waals surface area contributed by atoms with Gasteiger partial charge in [-0.2, -0.15) is 0 Å². The van der Waals surface area contributed by atoms with Gasteiger partial charge in [0.25, 0.3) is 0 Å². The average Bonchev–Trinajstić information content (AvgIpc) is 2.72. The Labute approximate surface area is 165 Å². The highest BCUT2D eigenvalue weighted by atomic mass is 16.4. The summed E-state index contributed by atoms with van der Waals surface area (Å²) in [5.41, 5.74) is 4.71. The van der Waals surface area contributed by atoms with Crippen LogP contribution in [0.2, 0.25) is 0 Å². The molecular weight excluding hydrogens is 352 g/mol. The predicted molar refractivity (Wildman–Crippen MR) is 109 cm³/mol. The first-order valence-electron chi connectivity index (χ1n) is 9.36. The molecule has 1 aliphatic heterocycles. The molecule has 1 atom stereocenters. The largest absolute Gasteiger partial charge is 0.481 e. The number of ketones is 1. The van der Waals surface area contributed by atoms with Crippen LogP contribution in [0.5, 0.6) is 0 Å². The number of rotatable bonds is 7. The fraction of sp³-hybridized carbons (Fsp3) is 0.261. The zero-order chi connectivity index (χ0) is 20.1. The summed E-state index contributed by atoms with van der Waals surface area (Å²) < 4.78 is 0. The van der Waals surface area contributed by atoms with Crippen LogP contribution in [0.25, 0.3) is 0 Å². The lowest BCUT2D eigenvalue weighted by atomic mass is 9.98. The van der Waals surface area contributed by atoms with E-state index in [1.807, 2.05) is 65.8 Å². The number of pyridine rings is 1. The Balaban J connectivity index is 1.56. The number of Topliss-reactive ketones (excluding diaryl/α,β-unsaturated/α-hetero) is 1. The van der Waals surface area contributed by atoms with Gasteiger partial charge in [0.05, 0.1) is 17.8 Å². The fourth-order valence-corrected chi connectivity index (χ4v) is 3.07. The summed E-state index contributed by atoms with van der Waals surface area (Å²) in [6.45, 7) is 3.92. The Kier molecular flexibility index (Phi) is 6.04. The second-order valence-electron chi connectivity index (χ2n) is 6.99. The molecule has 5 heteroatoms. The maximum Gasteiger partial charge on any atom is 0.310 e. The van der Waals surface area contributed by atoms with Crippen LogP contribution in [0.3, 0.4) is 0 Å². The molecule has 1 aromatic heterocycles. The molecule has 0 aliphatic carbocycles. The highest BCUT2D eigenvalue weighted by Gasteiger charge is 2.13. The van der Waals surface area contributed by atoms with Crippen LogP contribution in [-0.2, 0) is 22.4 Å². The van der Waals surface area contributed by atoms with Crippen molar-refractivity contribution in [2.75, 3.05) is 11.4 Å². The third kappa shape index (κ3) is 4.74. The van der Waals surface area contributed by atoms with Gasteiger partial charge < -0.3 is 10.0 Å². The summed E-state index contributed by atoms with van der Waals surface area (Å²) in [5.74, 6) is -1.23. The van der Waals surface area contributed by atoms with Crippen LogP contribution in [0, 0.1) is 0 Å². The number of anilines is 1. The van der Waals surface area contributed by atoms with E-state index in [1.165, 1.54) is 0 Å². The molecule has 0 saturated heterocycles. The quantitative estimate of drug-likeness (QED) is 0.793. The summed E-state index contributed by atoms with van der Waals surface area (Å²) in [4.78, 5) is 29.0. The molecule has 0 saturated carbocycles. The van der Waals surface area contributed by atoms with E-state index in [-0.39, 0.29) is 5.78 Å². The molecule has 28 heavy (non-hydrogen) atoms. The SMILES string of the molecule is CC(=O)C1=CCN(c2ccc(CCc3ccc(C(C)C(=O)O)cc3)nc2)C=C1. The van der Waals surface area contributed by atoms with Gasteiger partial charge in [0.1, 0.15) is 0 Å². The average molecular weight is 376 g/mol. The second kappa shape index (κ2) is 8.65. The lowest BCUT2D eigenvalue weighted by Gasteiger charge is -2.22. The van der Waals surface area contributed by atoms with Gasteiger partial charge in [-0.25, -0.2) is 0 Å². The molecular formula is C23H24N2O3. The van der Waals surface area contributed by atoms with Crippen molar-refractivity contribution in [2.24, 2.45) is 0 Å². The van der Waals surface area contributed by atoms with E-state index in [2.05, 4.69) is 4.98 Å². The summed E-state index contributed by atoms with van der Waals surface area (Å²) in [7, 11) is 0. The van der Waals surface area contributed by atoms with Crippen molar-refractivity contribution < 1.29 is 14.7 Å². The summed E-state index contributed by atoms with van der Waals surface area (Å²) in [6, 6.07) is 11.8. The highest BCUT2D eigenvalue weighted by Crippen LogP contribution is 2.19. The fourth-order valence-electron chi connectivity index (χ4n) is 3.07. The molecule has 3 rings (SSSR count). The number of aliphatic carboxylic acids is 1. The topological polar surface area (TPSA) is 70.5 Å². The van der Waals surface area contributed by atoms with Crippen LogP contribution < -0.4 is 4.90 Å². The predicted octanol–water partition coefficient (Wildman–Crippen LogP) is 3.90. The minimum Gasteiger partial charge on any atom is -0.481 e. The molecule has 5 nitrogen and oxygen atoms in total. The number of nitrogens with zero attached hydrogens (tertiary/aromatic N) is 2. The lowest BCUT2D eigenvalue weighted by Crippen LogP contribution is -2.20. The molecule has 0 spiro atoms.